The summed E-state index contributed by atoms with van der Waals surface area (Å²) in [6.45, 7) is -0.0633. The molecule has 0 aromatic heterocycles. The third kappa shape index (κ3) is 2.52. The number of nitrogens with one attached hydrogen (secondary N) is 1. The first-order chi connectivity index (χ1) is 7.48. The molecule has 88 valence electrons. The van der Waals surface area contributed by atoms with Gasteiger partial charge in [-0.2, -0.15) is 13.2 Å². The zero-order chi connectivity index (χ0) is 11.8. The summed E-state index contributed by atoms with van der Waals surface area (Å²) in [4.78, 5) is 0. The highest BCUT2D eigenvalue weighted by Crippen LogP contribution is 2.33. The quantitative estimate of drug-likeness (QED) is 0.791. The van der Waals surface area contributed by atoms with Crippen molar-refractivity contribution >= 4 is 0 Å². The Kier molecular flexibility index (Phi) is 2.88. The van der Waals surface area contributed by atoms with Crippen LogP contribution in [0.15, 0.2) is 18.2 Å². The summed E-state index contributed by atoms with van der Waals surface area (Å²) >= 11 is 0. The van der Waals surface area contributed by atoms with Crippen molar-refractivity contribution in [3.05, 3.63) is 35.1 Å². The van der Waals surface area contributed by atoms with Crippen LogP contribution < -0.4 is 5.32 Å². The zero-order valence-electron chi connectivity index (χ0n) is 8.44. The molecule has 0 amide bonds. The molecule has 1 saturated carbocycles. The molecule has 1 nitrogen and oxygen atoms in total. The van der Waals surface area contributed by atoms with Gasteiger partial charge >= 0.3 is 6.18 Å². The monoisotopic (exact) mass is 233 g/mol. The Labute approximate surface area is 90.5 Å². The maximum absolute atomic E-state index is 13.3. The van der Waals surface area contributed by atoms with Gasteiger partial charge in [-0.15, -0.1) is 0 Å². The predicted octanol–water partition coefficient (Wildman–Crippen LogP) is 3.10. The average Bonchev–Trinajstić information content (AvgIpc) is 2.97. The molecule has 2 rings (SSSR count). The summed E-state index contributed by atoms with van der Waals surface area (Å²) < 4.78 is 51.0. The van der Waals surface area contributed by atoms with Crippen LogP contribution in [0.3, 0.4) is 0 Å². The van der Waals surface area contributed by atoms with Crippen LogP contribution in [0.5, 0.6) is 0 Å². The number of benzene rings is 1. The van der Waals surface area contributed by atoms with Crippen LogP contribution in [0, 0.1) is 5.82 Å². The fourth-order valence-corrected chi connectivity index (χ4v) is 1.54. The van der Waals surface area contributed by atoms with E-state index in [1.165, 1.54) is 0 Å². The molecule has 0 unspecified atom stereocenters. The molecule has 1 N–H and O–H groups in total. The second kappa shape index (κ2) is 4.05. The van der Waals surface area contributed by atoms with E-state index in [0.29, 0.717) is 0 Å². The largest absolute Gasteiger partial charge is 0.416 e. The molecular weight excluding hydrogens is 222 g/mol. The van der Waals surface area contributed by atoms with E-state index >= 15 is 0 Å². The van der Waals surface area contributed by atoms with Crippen molar-refractivity contribution in [3.8, 4) is 0 Å². The van der Waals surface area contributed by atoms with Crippen LogP contribution in [0.25, 0.3) is 0 Å². The van der Waals surface area contributed by atoms with Crippen molar-refractivity contribution in [2.45, 2.75) is 31.6 Å². The third-order valence-corrected chi connectivity index (χ3v) is 2.57. The second-order valence-electron chi connectivity index (χ2n) is 3.92. The fourth-order valence-electron chi connectivity index (χ4n) is 1.54. The zero-order valence-corrected chi connectivity index (χ0v) is 8.44. The SMILES string of the molecule is Fc1cccc(C(F)(F)F)c1CNC1CC1. The Hall–Kier alpha value is -1.10. The van der Waals surface area contributed by atoms with Gasteiger partial charge in [0.25, 0.3) is 0 Å². The first-order valence-electron chi connectivity index (χ1n) is 5.06. The predicted molar refractivity (Wildman–Crippen MR) is 51.3 cm³/mol. The molecule has 0 spiro atoms. The van der Waals surface area contributed by atoms with E-state index < -0.39 is 17.6 Å². The molecule has 1 aliphatic carbocycles. The lowest BCUT2D eigenvalue weighted by Crippen LogP contribution is -2.20. The van der Waals surface area contributed by atoms with E-state index in [4.69, 9.17) is 0 Å². The van der Waals surface area contributed by atoms with Gasteiger partial charge in [0.2, 0.25) is 0 Å². The van der Waals surface area contributed by atoms with Crippen molar-refractivity contribution in [1.29, 1.82) is 0 Å². The maximum atomic E-state index is 13.3. The molecule has 1 fully saturated rings. The highest BCUT2D eigenvalue weighted by Gasteiger charge is 2.34. The van der Waals surface area contributed by atoms with Crippen LogP contribution in [0.2, 0.25) is 0 Å². The topological polar surface area (TPSA) is 12.0 Å². The molecule has 5 heteroatoms. The number of alkyl halides is 3. The van der Waals surface area contributed by atoms with E-state index in [9.17, 15) is 17.6 Å². The van der Waals surface area contributed by atoms with Crippen molar-refractivity contribution in [2.24, 2.45) is 0 Å². The molecule has 16 heavy (non-hydrogen) atoms. The Morgan fingerprint density at radius 1 is 1.25 bits per heavy atom. The second-order valence-corrected chi connectivity index (χ2v) is 3.92. The Bertz CT molecular complexity index is 382. The number of hydrogen-bond acceptors (Lipinski definition) is 1. The minimum absolute atomic E-state index is 0.0633. The standard InChI is InChI=1S/C11H11F4N/c12-10-3-1-2-9(11(13,14)15)8(10)6-16-7-4-5-7/h1-3,7,16H,4-6H2. The summed E-state index contributed by atoms with van der Waals surface area (Å²) in [5, 5.41) is 2.89. The van der Waals surface area contributed by atoms with Gasteiger partial charge in [0.05, 0.1) is 5.56 Å². The van der Waals surface area contributed by atoms with Gasteiger partial charge in [0.15, 0.2) is 0 Å². The number of rotatable bonds is 3. The van der Waals surface area contributed by atoms with Gasteiger partial charge in [-0.05, 0) is 25.0 Å². The molecule has 0 saturated heterocycles. The van der Waals surface area contributed by atoms with Gasteiger partial charge in [0.1, 0.15) is 5.82 Å². The van der Waals surface area contributed by atoms with Gasteiger partial charge in [0, 0.05) is 18.2 Å². The van der Waals surface area contributed by atoms with E-state index in [0.717, 1.165) is 31.0 Å². The normalized spacial score (nSPS) is 16.5. The van der Waals surface area contributed by atoms with Crippen molar-refractivity contribution in [3.63, 3.8) is 0 Å². The number of hydrogen-bond donors (Lipinski definition) is 1. The molecular formula is C11H11F4N. The van der Waals surface area contributed by atoms with Gasteiger partial charge < -0.3 is 5.32 Å². The Morgan fingerprint density at radius 2 is 1.94 bits per heavy atom. The Balaban J connectivity index is 2.24. The van der Waals surface area contributed by atoms with Crippen LogP contribution in [-0.4, -0.2) is 6.04 Å². The minimum atomic E-state index is -4.50. The third-order valence-electron chi connectivity index (χ3n) is 2.57. The van der Waals surface area contributed by atoms with E-state index in [1.54, 1.807) is 0 Å². The highest BCUT2D eigenvalue weighted by molar-refractivity contribution is 5.31. The first kappa shape index (κ1) is 11.4. The lowest BCUT2D eigenvalue weighted by atomic mass is 10.1. The molecule has 0 heterocycles. The van der Waals surface area contributed by atoms with Crippen LogP contribution in [-0.2, 0) is 12.7 Å². The van der Waals surface area contributed by atoms with Crippen LogP contribution >= 0.6 is 0 Å². The summed E-state index contributed by atoms with van der Waals surface area (Å²) in [5.41, 5.74) is -1.18. The van der Waals surface area contributed by atoms with E-state index in [-0.39, 0.29) is 18.2 Å². The van der Waals surface area contributed by atoms with Crippen molar-refractivity contribution < 1.29 is 17.6 Å². The molecule has 0 bridgehead atoms. The average molecular weight is 233 g/mol. The van der Waals surface area contributed by atoms with Gasteiger partial charge in [-0.1, -0.05) is 6.07 Å². The number of halogens is 4. The Morgan fingerprint density at radius 3 is 2.50 bits per heavy atom. The van der Waals surface area contributed by atoms with Crippen LogP contribution in [0.1, 0.15) is 24.0 Å². The summed E-state index contributed by atoms with van der Waals surface area (Å²) in [6, 6.07) is 3.30. The van der Waals surface area contributed by atoms with Crippen molar-refractivity contribution in [2.75, 3.05) is 0 Å². The van der Waals surface area contributed by atoms with E-state index in [2.05, 4.69) is 5.32 Å². The lowest BCUT2D eigenvalue weighted by molar-refractivity contribution is -0.138. The smallest absolute Gasteiger partial charge is 0.310 e. The maximum Gasteiger partial charge on any atom is 0.416 e. The summed E-state index contributed by atoms with van der Waals surface area (Å²) in [6.07, 6.45) is -2.59. The molecule has 0 atom stereocenters. The molecule has 1 aromatic rings. The molecule has 1 aromatic carbocycles. The molecule has 0 aliphatic heterocycles. The van der Waals surface area contributed by atoms with Gasteiger partial charge in [-0.3, -0.25) is 0 Å². The minimum Gasteiger partial charge on any atom is -0.310 e. The molecule has 0 radical (unpaired) electrons. The summed E-state index contributed by atoms with van der Waals surface area (Å²) in [7, 11) is 0. The fraction of sp³-hybridized carbons (Fsp3) is 0.455. The van der Waals surface area contributed by atoms with Gasteiger partial charge in [-0.25, -0.2) is 4.39 Å². The highest BCUT2D eigenvalue weighted by atomic mass is 19.4. The van der Waals surface area contributed by atoms with Crippen LogP contribution in [0.4, 0.5) is 17.6 Å². The lowest BCUT2D eigenvalue weighted by Gasteiger charge is -2.13. The molecule has 1 aliphatic rings. The summed E-state index contributed by atoms with van der Waals surface area (Å²) in [5.74, 6) is -0.803. The first-order valence-corrected chi connectivity index (χ1v) is 5.06. The van der Waals surface area contributed by atoms with Crippen molar-refractivity contribution in [1.82, 2.24) is 5.32 Å². The van der Waals surface area contributed by atoms with E-state index in [1.807, 2.05) is 0 Å².